The molecule has 0 aliphatic carbocycles. The number of benzene rings is 1. The third-order valence-corrected chi connectivity index (χ3v) is 8.17. The molecule has 0 radical (unpaired) electrons. The zero-order valence-electron chi connectivity index (χ0n) is 23.3. The lowest BCUT2D eigenvalue weighted by atomic mass is 10.0. The average molecular weight is 551 g/mol. The van der Waals surface area contributed by atoms with Crippen LogP contribution in [0.2, 0.25) is 0 Å². The van der Waals surface area contributed by atoms with Crippen LogP contribution in [0.25, 0.3) is 0 Å². The van der Waals surface area contributed by atoms with Gasteiger partial charge in [-0.3, -0.25) is 9.58 Å². The molecule has 10 nitrogen and oxygen atoms in total. The minimum atomic E-state index is 0.404. The van der Waals surface area contributed by atoms with Gasteiger partial charge in [0.2, 0.25) is 5.95 Å². The molecule has 39 heavy (non-hydrogen) atoms. The number of nitrogens with zero attached hydrogens (tertiary/aromatic N) is 8. The Hall–Kier alpha value is -2.89. The Morgan fingerprint density at radius 3 is 2.56 bits per heavy atom. The van der Waals surface area contributed by atoms with E-state index in [9.17, 15) is 0 Å². The summed E-state index contributed by atoms with van der Waals surface area (Å²) in [5.74, 6) is 3.63. The maximum absolute atomic E-state index is 4.90. The highest BCUT2D eigenvalue weighted by Gasteiger charge is 2.22. The number of aryl methyl sites for hydroxylation is 1. The van der Waals surface area contributed by atoms with Crippen LogP contribution in [-0.4, -0.2) is 99.1 Å². The van der Waals surface area contributed by atoms with Gasteiger partial charge in [-0.05, 0) is 43.9 Å². The van der Waals surface area contributed by atoms with Gasteiger partial charge in [-0.2, -0.15) is 21.7 Å². The van der Waals surface area contributed by atoms with Crippen molar-refractivity contribution in [2.75, 3.05) is 73.9 Å². The van der Waals surface area contributed by atoms with Crippen LogP contribution in [0.4, 0.5) is 17.6 Å². The molecule has 11 heteroatoms. The molecule has 0 unspecified atom stereocenters. The Balaban J connectivity index is 1.21. The van der Waals surface area contributed by atoms with Gasteiger partial charge in [-0.1, -0.05) is 35.5 Å². The van der Waals surface area contributed by atoms with Gasteiger partial charge in [-0.25, -0.2) is 0 Å². The first-order valence-electron chi connectivity index (χ1n) is 14.1. The Morgan fingerprint density at radius 2 is 1.79 bits per heavy atom. The fourth-order valence-electron chi connectivity index (χ4n) is 5.14. The number of likely N-dealkylation sites (N-methyl/N-ethyl adjacent to an activating group) is 1. The summed E-state index contributed by atoms with van der Waals surface area (Å²) < 4.78 is 1.92. The van der Waals surface area contributed by atoms with Crippen LogP contribution in [0, 0.1) is 0 Å². The predicted molar refractivity (Wildman–Crippen MR) is 160 cm³/mol. The first-order chi connectivity index (χ1) is 19.1. The monoisotopic (exact) mass is 550 g/mol. The number of rotatable bonds is 12. The minimum absolute atomic E-state index is 0.404. The normalized spacial score (nSPS) is 17.4. The predicted octanol–water partition coefficient (Wildman–Crippen LogP) is 3.26. The van der Waals surface area contributed by atoms with Crippen molar-refractivity contribution in [1.29, 1.82) is 0 Å². The summed E-state index contributed by atoms with van der Waals surface area (Å²) >= 11 is 1.86. The van der Waals surface area contributed by atoms with Crippen molar-refractivity contribution in [2.45, 2.75) is 44.9 Å². The Labute approximate surface area is 236 Å². The van der Waals surface area contributed by atoms with E-state index in [1.807, 2.05) is 22.6 Å². The van der Waals surface area contributed by atoms with Crippen LogP contribution in [0.15, 0.2) is 42.6 Å². The van der Waals surface area contributed by atoms with Crippen LogP contribution in [0.5, 0.6) is 0 Å². The van der Waals surface area contributed by atoms with Crippen molar-refractivity contribution in [3.8, 4) is 0 Å². The second-order valence-electron chi connectivity index (χ2n) is 10.6. The molecule has 2 aromatic heterocycles. The molecule has 2 fully saturated rings. The van der Waals surface area contributed by atoms with Gasteiger partial charge in [0.1, 0.15) is 17.3 Å². The van der Waals surface area contributed by atoms with Crippen LogP contribution in [0.1, 0.15) is 30.5 Å². The number of hydrogen-bond acceptors (Lipinski definition) is 10. The minimum Gasteiger partial charge on any atom is -0.367 e. The summed E-state index contributed by atoms with van der Waals surface area (Å²) in [6, 6.07) is 13.3. The van der Waals surface area contributed by atoms with Crippen molar-refractivity contribution >= 4 is 29.3 Å². The van der Waals surface area contributed by atoms with Crippen LogP contribution in [0.3, 0.4) is 0 Å². The fourth-order valence-corrected chi connectivity index (χ4v) is 5.56. The second kappa shape index (κ2) is 14.0. The van der Waals surface area contributed by atoms with Crippen molar-refractivity contribution in [1.82, 2.24) is 34.8 Å². The highest BCUT2D eigenvalue weighted by Crippen LogP contribution is 2.23. The van der Waals surface area contributed by atoms with E-state index < -0.39 is 0 Å². The van der Waals surface area contributed by atoms with Crippen molar-refractivity contribution in [3.63, 3.8) is 0 Å². The van der Waals surface area contributed by atoms with Gasteiger partial charge in [0.15, 0.2) is 0 Å². The molecule has 0 saturated carbocycles. The number of nitrogens with one attached hydrogen (secondary N) is 2. The van der Waals surface area contributed by atoms with E-state index >= 15 is 0 Å². The first kappa shape index (κ1) is 27.7. The van der Waals surface area contributed by atoms with Gasteiger partial charge in [0, 0.05) is 64.5 Å². The molecule has 2 aliphatic heterocycles. The zero-order chi connectivity index (χ0) is 26.9. The van der Waals surface area contributed by atoms with Crippen molar-refractivity contribution < 1.29 is 0 Å². The third kappa shape index (κ3) is 8.30. The topological polar surface area (TPSA) is 90.3 Å². The number of piperidine rings is 1. The quantitative estimate of drug-likeness (QED) is 0.328. The smallest absolute Gasteiger partial charge is 0.226 e. The van der Waals surface area contributed by atoms with Crippen molar-refractivity contribution in [3.05, 3.63) is 53.9 Å². The number of likely N-dealkylation sites (tertiary alicyclic amines) is 1. The lowest BCUT2D eigenvalue weighted by molar-refractivity contribution is 0.211. The van der Waals surface area contributed by atoms with E-state index in [0.717, 1.165) is 94.7 Å². The lowest BCUT2D eigenvalue weighted by Gasteiger charge is -2.34. The molecule has 0 bridgehead atoms. The van der Waals surface area contributed by atoms with Gasteiger partial charge < -0.3 is 20.4 Å². The standard InChI is InChI=1S/C28H42N10S/c1-35-14-16-37(17-15-35)27-19-26(30-24-9-12-36(13-10-24)21-23-7-4-3-5-8-23)31-28(32-27)29-20-25-22-38(34-33-25)11-6-18-39-2/h3-5,7-8,19,22,24H,6,9-18,20-21H2,1-2H3,(H2,29,30,31,32). The summed E-state index contributed by atoms with van der Waals surface area (Å²) in [6.07, 6.45) is 7.44. The maximum atomic E-state index is 4.90. The summed E-state index contributed by atoms with van der Waals surface area (Å²) in [4.78, 5) is 17.0. The molecule has 2 aliphatic rings. The Bertz CT molecular complexity index is 1140. The number of aromatic nitrogens is 5. The molecule has 0 atom stereocenters. The zero-order valence-corrected chi connectivity index (χ0v) is 24.1. The molecule has 210 valence electrons. The van der Waals surface area contributed by atoms with Crippen LogP contribution < -0.4 is 15.5 Å². The summed E-state index contributed by atoms with van der Waals surface area (Å²) in [6.45, 7) is 8.63. The maximum Gasteiger partial charge on any atom is 0.226 e. The first-order valence-corrected chi connectivity index (χ1v) is 15.5. The number of piperazine rings is 1. The molecular formula is C28H42N10S. The van der Waals surface area contributed by atoms with E-state index in [1.54, 1.807) is 0 Å². The molecule has 0 amide bonds. The van der Waals surface area contributed by atoms with E-state index in [1.165, 1.54) is 5.56 Å². The van der Waals surface area contributed by atoms with Crippen LogP contribution >= 0.6 is 11.8 Å². The molecule has 1 aromatic carbocycles. The Kier molecular flexibility index (Phi) is 9.90. The fraction of sp³-hybridized carbons (Fsp3) is 0.571. The van der Waals surface area contributed by atoms with Crippen molar-refractivity contribution in [2.24, 2.45) is 0 Å². The van der Waals surface area contributed by atoms with Gasteiger partial charge in [-0.15, -0.1) is 5.10 Å². The van der Waals surface area contributed by atoms with Gasteiger partial charge >= 0.3 is 0 Å². The van der Waals surface area contributed by atoms with Crippen LogP contribution in [-0.2, 0) is 19.6 Å². The summed E-state index contributed by atoms with van der Waals surface area (Å²) in [7, 11) is 2.18. The third-order valence-electron chi connectivity index (χ3n) is 7.48. The number of thioether (sulfide) groups is 1. The lowest BCUT2D eigenvalue weighted by Crippen LogP contribution is -2.45. The van der Waals surface area contributed by atoms with E-state index in [-0.39, 0.29) is 0 Å². The molecule has 3 aromatic rings. The number of hydrogen-bond donors (Lipinski definition) is 2. The molecule has 2 saturated heterocycles. The number of anilines is 3. The molecule has 0 spiro atoms. The van der Waals surface area contributed by atoms with E-state index in [4.69, 9.17) is 9.97 Å². The highest BCUT2D eigenvalue weighted by molar-refractivity contribution is 7.98. The summed E-state index contributed by atoms with van der Waals surface area (Å²) in [5.41, 5.74) is 2.28. The second-order valence-corrected chi connectivity index (χ2v) is 11.6. The Morgan fingerprint density at radius 1 is 1.00 bits per heavy atom. The van der Waals surface area contributed by atoms with Gasteiger partial charge in [0.05, 0.1) is 12.7 Å². The average Bonchev–Trinajstić information content (AvgIpc) is 3.42. The SMILES string of the molecule is CSCCCn1cc(CNc2nc(NC3CCN(Cc4ccccc4)CC3)cc(N3CCN(C)CC3)n2)nn1. The van der Waals surface area contributed by atoms with Gasteiger partial charge in [0.25, 0.3) is 0 Å². The molecule has 4 heterocycles. The summed E-state index contributed by atoms with van der Waals surface area (Å²) in [5, 5.41) is 15.8. The highest BCUT2D eigenvalue weighted by atomic mass is 32.2. The largest absolute Gasteiger partial charge is 0.367 e. The molecule has 2 N–H and O–H groups in total. The molecular weight excluding hydrogens is 508 g/mol. The molecule has 5 rings (SSSR count). The van der Waals surface area contributed by atoms with E-state index in [0.29, 0.717) is 18.5 Å². The van der Waals surface area contributed by atoms with E-state index in [2.05, 4.69) is 85.3 Å².